The number of aliphatic hydroxyl groups is 1. The Balaban J connectivity index is 2.18. The Morgan fingerprint density at radius 2 is 2.17 bits per heavy atom. The van der Waals surface area contributed by atoms with Crippen LogP contribution >= 0.6 is 11.6 Å². The molecular formula is C15H21ClO2. The van der Waals surface area contributed by atoms with Crippen LogP contribution in [0.25, 0.3) is 0 Å². The van der Waals surface area contributed by atoms with E-state index in [1.54, 1.807) is 0 Å². The summed E-state index contributed by atoms with van der Waals surface area (Å²) >= 11 is 6.14. The van der Waals surface area contributed by atoms with E-state index in [1.807, 2.05) is 12.1 Å². The second-order valence-corrected chi connectivity index (χ2v) is 5.97. The fourth-order valence-electron chi connectivity index (χ4n) is 2.70. The zero-order valence-electron chi connectivity index (χ0n) is 11.1. The van der Waals surface area contributed by atoms with Crippen molar-refractivity contribution in [3.05, 3.63) is 28.3 Å². The standard InChI is InChI=1S/C15H21ClO2/c1-10(2)5-11(9-17)6-13-8-14(16)7-12-3-4-18-15(12)13/h7-8,10-11,17H,3-6,9H2,1-2H3. The summed E-state index contributed by atoms with van der Waals surface area (Å²) in [5.41, 5.74) is 2.36. The Morgan fingerprint density at radius 3 is 2.83 bits per heavy atom. The fraction of sp³-hybridized carbons (Fsp3) is 0.600. The second-order valence-electron chi connectivity index (χ2n) is 5.53. The fourth-order valence-corrected chi connectivity index (χ4v) is 2.96. The molecule has 0 amide bonds. The van der Waals surface area contributed by atoms with Crippen molar-refractivity contribution in [2.75, 3.05) is 13.2 Å². The molecule has 2 rings (SSSR count). The molecule has 18 heavy (non-hydrogen) atoms. The molecule has 0 saturated heterocycles. The Bertz CT molecular complexity index is 415. The van der Waals surface area contributed by atoms with E-state index in [4.69, 9.17) is 16.3 Å². The van der Waals surface area contributed by atoms with Crippen LogP contribution in [0.5, 0.6) is 5.75 Å². The molecule has 1 aliphatic heterocycles. The largest absolute Gasteiger partial charge is 0.493 e. The maximum atomic E-state index is 9.48. The van der Waals surface area contributed by atoms with Crippen LogP contribution in [-0.4, -0.2) is 18.3 Å². The summed E-state index contributed by atoms with van der Waals surface area (Å²) in [5, 5.41) is 10.3. The molecule has 0 spiro atoms. The van der Waals surface area contributed by atoms with Crippen LogP contribution in [0, 0.1) is 11.8 Å². The summed E-state index contributed by atoms with van der Waals surface area (Å²) in [5.74, 6) is 1.88. The zero-order chi connectivity index (χ0) is 13.1. The Labute approximate surface area is 114 Å². The first kappa shape index (κ1) is 13.7. The second kappa shape index (κ2) is 5.94. The van der Waals surface area contributed by atoms with Crippen molar-refractivity contribution in [3.8, 4) is 5.75 Å². The van der Waals surface area contributed by atoms with Gasteiger partial charge in [0.25, 0.3) is 0 Å². The topological polar surface area (TPSA) is 29.5 Å². The summed E-state index contributed by atoms with van der Waals surface area (Å²) in [7, 11) is 0. The van der Waals surface area contributed by atoms with Gasteiger partial charge >= 0.3 is 0 Å². The molecule has 1 aliphatic rings. The number of rotatable bonds is 5. The van der Waals surface area contributed by atoms with Crippen molar-refractivity contribution < 1.29 is 9.84 Å². The molecule has 1 N–H and O–H groups in total. The first-order valence-electron chi connectivity index (χ1n) is 6.65. The zero-order valence-corrected chi connectivity index (χ0v) is 11.8. The molecule has 1 atom stereocenters. The molecule has 0 radical (unpaired) electrons. The first-order valence-corrected chi connectivity index (χ1v) is 7.03. The Hall–Kier alpha value is -0.730. The van der Waals surface area contributed by atoms with Gasteiger partial charge in [-0.15, -0.1) is 0 Å². The molecule has 0 fully saturated rings. The van der Waals surface area contributed by atoms with E-state index < -0.39 is 0 Å². The van der Waals surface area contributed by atoms with E-state index in [0.717, 1.165) is 42.2 Å². The van der Waals surface area contributed by atoms with Crippen molar-refractivity contribution in [1.82, 2.24) is 0 Å². The van der Waals surface area contributed by atoms with E-state index in [2.05, 4.69) is 13.8 Å². The molecular weight excluding hydrogens is 248 g/mol. The van der Waals surface area contributed by atoms with Gasteiger partial charge in [0, 0.05) is 18.1 Å². The van der Waals surface area contributed by atoms with Crippen molar-refractivity contribution in [3.63, 3.8) is 0 Å². The van der Waals surface area contributed by atoms with Crippen LogP contribution < -0.4 is 4.74 Å². The van der Waals surface area contributed by atoms with Crippen LogP contribution in [-0.2, 0) is 12.8 Å². The minimum absolute atomic E-state index is 0.222. The third-order valence-corrected chi connectivity index (χ3v) is 3.62. The number of hydrogen-bond donors (Lipinski definition) is 1. The molecule has 100 valence electrons. The SMILES string of the molecule is CC(C)CC(CO)Cc1cc(Cl)cc2c1OCC2. The van der Waals surface area contributed by atoms with Gasteiger partial charge in [-0.05, 0) is 47.9 Å². The van der Waals surface area contributed by atoms with Crippen LogP contribution in [0.2, 0.25) is 5.02 Å². The smallest absolute Gasteiger partial charge is 0.125 e. The van der Waals surface area contributed by atoms with Crippen molar-refractivity contribution in [1.29, 1.82) is 0 Å². The van der Waals surface area contributed by atoms with Gasteiger partial charge in [-0.3, -0.25) is 0 Å². The van der Waals surface area contributed by atoms with E-state index in [1.165, 1.54) is 5.56 Å². The minimum atomic E-state index is 0.222. The molecule has 1 aromatic carbocycles. The molecule has 1 heterocycles. The summed E-state index contributed by atoms with van der Waals surface area (Å²) in [6, 6.07) is 3.97. The monoisotopic (exact) mass is 268 g/mol. The molecule has 0 bridgehead atoms. The van der Waals surface area contributed by atoms with E-state index >= 15 is 0 Å². The van der Waals surface area contributed by atoms with E-state index in [0.29, 0.717) is 5.92 Å². The third-order valence-electron chi connectivity index (χ3n) is 3.40. The van der Waals surface area contributed by atoms with Gasteiger partial charge in [0.2, 0.25) is 0 Å². The molecule has 1 aromatic rings. The third kappa shape index (κ3) is 3.18. The molecule has 3 heteroatoms. The number of benzene rings is 1. The van der Waals surface area contributed by atoms with Gasteiger partial charge in [0.1, 0.15) is 5.75 Å². The van der Waals surface area contributed by atoms with Gasteiger partial charge in [-0.1, -0.05) is 25.4 Å². The highest BCUT2D eigenvalue weighted by Gasteiger charge is 2.20. The highest BCUT2D eigenvalue weighted by Crippen LogP contribution is 2.34. The Kier molecular flexibility index (Phi) is 4.52. The van der Waals surface area contributed by atoms with Gasteiger partial charge in [0.15, 0.2) is 0 Å². The average Bonchev–Trinajstić information content (AvgIpc) is 2.75. The summed E-state index contributed by atoms with van der Waals surface area (Å²) in [4.78, 5) is 0. The highest BCUT2D eigenvalue weighted by molar-refractivity contribution is 6.30. The number of fused-ring (bicyclic) bond motifs is 1. The number of hydrogen-bond acceptors (Lipinski definition) is 2. The average molecular weight is 269 g/mol. The lowest BCUT2D eigenvalue weighted by Crippen LogP contribution is -2.13. The van der Waals surface area contributed by atoms with Crippen LogP contribution in [0.4, 0.5) is 0 Å². The molecule has 1 unspecified atom stereocenters. The summed E-state index contributed by atoms with van der Waals surface area (Å²) in [6.45, 7) is 5.33. The van der Waals surface area contributed by atoms with Gasteiger partial charge < -0.3 is 9.84 Å². The van der Waals surface area contributed by atoms with E-state index in [9.17, 15) is 5.11 Å². The molecule has 0 aromatic heterocycles. The quantitative estimate of drug-likeness (QED) is 0.886. The van der Waals surface area contributed by atoms with Crippen LogP contribution in [0.15, 0.2) is 12.1 Å². The normalized spacial score (nSPS) is 15.6. The number of ether oxygens (including phenoxy) is 1. The Morgan fingerprint density at radius 1 is 1.39 bits per heavy atom. The summed E-state index contributed by atoms with van der Waals surface area (Å²) in [6.07, 6.45) is 2.81. The van der Waals surface area contributed by atoms with Crippen molar-refractivity contribution >= 4 is 11.6 Å². The minimum Gasteiger partial charge on any atom is -0.493 e. The maximum absolute atomic E-state index is 9.48. The number of aliphatic hydroxyl groups excluding tert-OH is 1. The molecule has 2 nitrogen and oxygen atoms in total. The van der Waals surface area contributed by atoms with Crippen molar-refractivity contribution in [2.24, 2.45) is 11.8 Å². The predicted molar refractivity (Wildman–Crippen MR) is 74.4 cm³/mol. The van der Waals surface area contributed by atoms with E-state index in [-0.39, 0.29) is 12.5 Å². The van der Waals surface area contributed by atoms with Crippen LogP contribution in [0.3, 0.4) is 0 Å². The van der Waals surface area contributed by atoms with Crippen molar-refractivity contribution in [2.45, 2.75) is 33.1 Å². The first-order chi connectivity index (χ1) is 8.60. The van der Waals surface area contributed by atoms with Crippen LogP contribution in [0.1, 0.15) is 31.4 Å². The lowest BCUT2D eigenvalue weighted by molar-refractivity contribution is 0.204. The van der Waals surface area contributed by atoms with Gasteiger partial charge in [0.05, 0.1) is 6.61 Å². The summed E-state index contributed by atoms with van der Waals surface area (Å²) < 4.78 is 5.69. The maximum Gasteiger partial charge on any atom is 0.125 e. The van der Waals surface area contributed by atoms with Gasteiger partial charge in [-0.2, -0.15) is 0 Å². The molecule has 0 saturated carbocycles. The predicted octanol–water partition coefficient (Wildman–Crippen LogP) is 3.47. The lowest BCUT2D eigenvalue weighted by Gasteiger charge is -2.18. The molecule has 0 aliphatic carbocycles. The highest BCUT2D eigenvalue weighted by atomic mass is 35.5. The van der Waals surface area contributed by atoms with Gasteiger partial charge in [-0.25, -0.2) is 0 Å². The number of halogens is 1. The lowest BCUT2D eigenvalue weighted by atomic mass is 9.90.